The Morgan fingerprint density at radius 1 is 1.09 bits per heavy atom. The standard InChI is InChI=1S/C16H17N3O3/c1-9-4-5-12(6-10(9)2)11(3)19-15(20)13-7-18-14(8-17-13)16(21)22/h4-8,11H,1-3H3,(H,19,20)(H,21,22). The molecule has 114 valence electrons. The van der Waals surface area contributed by atoms with Gasteiger partial charge in [-0.3, -0.25) is 4.79 Å². The highest BCUT2D eigenvalue weighted by Crippen LogP contribution is 2.17. The number of aromatic carboxylic acids is 1. The molecule has 0 bridgehead atoms. The molecule has 6 nitrogen and oxygen atoms in total. The van der Waals surface area contributed by atoms with Crippen LogP contribution in [-0.4, -0.2) is 27.0 Å². The maximum absolute atomic E-state index is 12.1. The molecule has 6 heteroatoms. The first-order chi connectivity index (χ1) is 10.4. The summed E-state index contributed by atoms with van der Waals surface area (Å²) in [5.41, 5.74) is 3.23. The van der Waals surface area contributed by atoms with Crippen LogP contribution in [0.25, 0.3) is 0 Å². The van der Waals surface area contributed by atoms with Crippen molar-refractivity contribution < 1.29 is 14.7 Å². The predicted molar refractivity (Wildman–Crippen MR) is 80.8 cm³/mol. The van der Waals surface area contributed by atoms with Crippen LogP contribution in [0.2, 0.25) is 0 Å². The van der Waals surface area contributed by atoms with Crippen molar-refractivity contribution in [2.75, 3.05) is 0 Å². The van der Waals surface area contributed by atoms with Crippen molar-refractivity contribution in [3.05, 3.63) is 58.7 Å². The Kier molecular flexibility index (Phi) is 4.50. The Labute approximate surface area is 128 Å². The van der Waals surface area contributed by atoms with Gasteiger partial charge in [-0.2, -0.15) is 0 Å². The van der Waals surface area contributed by atoms with E-state index in [0.717, 1.165) is 23.5 Å². The summed E-state index contributed by atoms with van der Waals surface area (Å²) in [6, 6.07) is 5.81. The lowest BCUT2D eigenvalue weighted by Crippen LogP contribution is -2.27. The summed E-state index contributed by atoms with van der Waals surface area (Å²) in [6.45, 7) is 5.92. The Hall–Kier alpha value is -2.76. The van der Waals surface area contributed by atoms with Gasteiger partial charge < -0.3 is 10.4 Å². The summed E-state index contributed by atoms with van der Waals surface area (Å²) in [5.74, 6) is -1.57. The van der Waals surface area contributed by atoms with Crippen LogP contribution < -0.4 is 5.32 Å². The molecule has 0 saturated heterocycles. The number of carbonyl (C=O) groups is 2. The first-order valence-corrected chi connectivity index (χ1v) is 6.82. The van der Waals surface area contributed by atoms with E-state index < -0.39 is 11.9 Å². The monoisotopic (exact) mass is 299 g/mol. The third-order valence-electron chi connectivity index (χ3n) is 3.48. The van der Waals surface area contributed by atoms with E-state index >= 15 is 0 Å². The zero-order valence-electron chi connectivity index (χ0n) is 12.6. The van der Waals surface area contributed by atoms with E-state index in [2.05, 4.69) is 15.3 Å². The molecule has 1 aromatic carbocycles. The second-order valence-electron chi connectivity index (χ2n) is 5.13. The average molecular weight is 299 g/mol. The van der Waals surface area contributed by atoms with Crippen LogP contribution in [0.4, 0.5) is 0 Å². The fourth-order valence-electron chi connectivity index (χ4n) is 1.94. The van der Waals surface area contributed by atoms with Gasteiger partial charge in [0.05, 0.1) is 18.4 Å². The lowest BCUT2D eigenvalue weighted by molar-refractivity contribution is 0.0689. The highest BCUT2D eigenvalue weighted by Gasteiger charge is 2.14. The number of amides is 1. The molecule has 2 N–H and O–H groups in total. The van der Waals surface area contributed by atoms with Crippen LogP contribution in [0, 0.1) is 13.8 Å². The second kappa shape index (κ2) is 6.34. The van der Waals surface area contributed by atoms with Crippen LogP contribution in [0.5, 0.6) is 0 Å². The van der Waals surface area contributed by atoms with Crippen molar-refractivity contribution in [3.63, 3.8) is 0 Å². The van der Waals surface area contributed by atoms with Gasteiger partial charge in [0, 0.05) is 0 Å². The maximum atomic E-state index is 12.1. The van der Waals surface area contributed by atoms with Crippen molar-refractivity contribution in [3.8, 4) is 0 Å². The molecule has 0 radical (unpaired) electrons. The molecule has 0 saturated carbocycles. The number of aromatic nitrogens is 2. The number of hydrogen-bond donors (Lipinski definition) is 2. The van der Waals surface area contributed by atoms with Gasteiger partial charge in [0.1, 0.15) is 5.69 Å². The van der Waals surface area contributed by atoms with Crippen LogP contribution >= 0.6 is 0 Å². The van der Waals surface area contributed by atoms with Crippen molar-refractivity contribution in [2.45, 2.75) is 26.8 Å². The van der Waals surface area contributed by atoms with E-state index in [0.29, 0.717) is 0 Å². The highest BCUT2D eigenvalue weighted by molar-refractivity contribution is 5.93. The molecule has 1 atom stereocenters. The lowest BCUT2D eigenvalue weighted by atomic mass is 10.0. The van der Waals surface area contributed by atoms with Crippen molar-refractivity contribution in [1.29, 1.82) is 0 Å². The zero-order chi connectivity index (χ0) is 16.3. The maximum Gasteiger partial charge on any atom is 0.356 e. The number of nitrogens with zero attached hydrogens (tertiary/aromatic N) is 2. The van der Waals surface area contributed by atoms with E-state index in [4.69, 9.17) is 5.11 Å². The molecule has 1 aromatic heterocycles. The largest absolute Gasteiger partial charge is 0.476 e. The Balaban J connectivity index is 2.10. The lowest BCUT2D eigenvalue weighted by Gasteiger charge is -2.15. The molecule has 0 fully saturated rings. The molecule has 0 aliphatic rings. The summed E-state index contributed by atoms with van der Waals surface area (Å²) >= 11 is 0. The number of hydrogen-bond acceptors (Lipinski definition) is 4. The van der Waals surface area contributed by atoms with Crippen molar-refractivity contribution in [2.24, 2.45) is 0 Å². The predicted octanol–water partition coefficient (Wildman–Crippen LogP) is 2.28. The Morgan fingerprint density at radius 3 is 2.27 bits per heavy atom. The van der Waals surface area contributed by atoms with Crippen molar-refractivity contribution in [1.82, 2.24) is 15.3 Å². The average Bonchev–Trinajstić information content (AvgIpc) is 2.50. The molecular formula is C16H17N3O3. The first-order valence-electron chi connectivity index (χ1n) is 6.82. The Bertz CT molecular complexity index is 711. The molecule has 0 aliphatic carbocycles. The molecule has 2 aromatic rings. The summed E-state index contributed by atoms with van der Waals surface area (Å²) < 4.78 is 0. The molecule has 1 heterocycles. The van der Waals surface area contributed by atoms with E-state index in [-0.39, 0.29) is 17.4 Å². The number of nitrogens with one attached hydrogen (secondary N) is 1. The zero-order valence-corrected chi connectivity index (χ0v) is 12.6. The van der Waals surface area contributed by atoms with Gasteiger partial charge in [0.25, 0.3) is 5.91 Å². The molecular weight excluding hydrogens is 282 g/mol. The van der Waals surface area contributed by atoms with Crippen LogP contribution in [0.1, 0.15) is 50.6 Å². The van der Waals surface area contributed by atoms with E-state index in [9.17, 15) is 9.59 Å². The molecule has 0 aliphatic heterocycles. The third-order valence-corrected chi connectivity index (χ3v) is 3.48. The third kappa shape index (κ3) is 3.46. The number of benzene rings is 1. The number of carbonyl (C=O) groups excluding carboxylic acids is 1. The number of carboxylic acids is 1. The minimum atomic E-state index is -1.18. The van der Waals surface area contributed by atoms with Crippen LogP contribution in [0.3, 0.4) is 0 Å². The van der Waals surface area contributed by atoms with Gasteiger partial charge in [-0.1, -0.05) is 18.2 Å². The van der Waals surface area contributed by atoms with Gasteiger partial charge in [0.15, 0.2) is 5.69 Å². The number of carboxylic acid groups (broad SMARTS) is 1. The number of aryl methyl sites for hydroxylation is 2. The van der Waals surface area contributed by atoms with Gasteiger partial charge in [-0.25, -0.2) is 14.8 Å². The molecule has 2 rings (SSSR count). The minimum absolute atomic E-state index is 0.0840. The normalized spacial score (nSPS) is 11.8. The highest BCUT2D eigenvalue weighted by atomic mass is 16.4. The summed E-state index contributed by atoms with van der Waals surface area (Å²) in [6.07, 6.45) is 2.23. The minimum Gasteiger partial charge on any atom is -0.476 e. The van der Waals surface area contributed by atoms with Crippen LogP contribution in [0.15, 0.2) is 30.6 Å². The van der Waals surface area contributed by atoms with Gasteiger partial charge in [-0.05, 0) is 37.5 Å². The number of rotatable bonds is 4. The fourth-order valence-corrected chi connectivity index (χ4v) is 1.94. The quantitative estimate of drug-likeness (QED) is 0.903. The first kappa shape index (κ1) is 15.6. The van der Waals surface area contributed by atoms with E-state index in [1.165, 1.54) is 5.56 Å². The molecule has 22 heavy (non-hydrogen) atoms. The second-order valence-corrected chi connectivity index (χ2v) is 5.13. The summed E-state index contributed by atoms with van der Waals surface area (Å²) in [7, 11) is 0. The summed E-state index contributed by atoms with van der Waals surface area (Å²) in [4.78, 5) is 30.3. The van der Waals surface area contributed by atoms with E-state index in [1.807, 2.05) is 39.0 Å². The van der Waals surface area contributed by atoms with Gasteiger partial charge >= 0.3 is 5.97 Å². The van der Waals surface area contributed by atoms with Crippen molar-refractivity contribution >= 4 is 11.9 Å². The fraction of sp³-hybridized carbons (Fsp3) is 0.250. The summed E-state index contributed by atoms with van der Waals surface area (Å²) in [5, 5.41) is 11.6. The molecule has 0 spiro atoms. The molecule has 1 unspecified atom stereocenters. The SMILES string of the molecule is Cc1ccc(C(C)NC(=O)c2cnc(C(=O)O)cn2)cc1C. The Morgan fingerprint density at radius 2 is 1.73 bits per heavy atom. The molecule has 1 amide bonds. The van der Waals surface area contributed by atoms with E-state index in [1.54, 1.807) is 0 Å². The smallest absolute Gasteiger partial charge is 0.356 e. The van der Waals surface area contributed by atoms with Gasteiger partial charge in [-0.15, -0.1) is 0 Å². The van der Waals surface area contributed by atoms with Gasteiger partial charge in [0.2, 0.25) is 0 Å². The van der Waals surface area contributed by atoms with Crippen LogP contribution in [-0.2, 0) is 0 Å². The topological polar surface area (TPSA) is 92.2 Å².